The molecule has 0 bridgehead atoms. The Labute approximate surface area is 229 Å². The summed E-state index contributed by atoms with van der Waals surface area (Å²) >= 11 is 6.38. The van der Waals surface area contributed by atoms with Crippen LogP contribution in [0.1, 0.15) is 41.9 Å². The van der Waals surface area contributed by atoms with Crippen LogP contribution in [0.15, 0.2) is 42.7 Å². The topological polar surface area (TPSA) is 75.5 Å². The molecule has 1 unspecified atom stereocenters. The molecule has 0 saturated carbocycles. The van der Waals surface area contributed by atoms with Crippen LogP contribution < -0.4 is 15.1 Å². The second kappa shape index (κ2) is 11.4. The van der Waals surface area contributed by atoms with Crippen molar-refractivity contribution in [1.29, 1.82) is 0 Å². The van der Waals surface area contributed by atoms with Gasteiger partial charge in [-0.2, -0.15) is 18.3 Å². The lowest BCUT2D eigenvalue weighted by atomic mass is 10.00. The van der Waals surface area contributed by atoms with Gasteiger partial charge in [-0.1, -0.05) is 17.7 Å². The van der Waals surface area contributed by atoms with Gasteiger partial charge in [0.2, 0.25) is 0 Å². The zero-order chi connectivity index (χ0) is 27.6. The average molecular weight is 563 g/mol. The van der Waals surface area contributed by atoms with Gasteiger partial charge in [-0.3, -0.25) is 4.68 Å². The van der Waals surface area contributed by atoms with Gasteiger partial charge in [0.1, 0.15) is 11.4 Å². The van der Waals surface area contributed by atoms with E-state index in [2.05, 4.69) is 20.3 Å². The van der Waals surface area contributed by atoms with Gasteiger partial charge in [-0.15, -0.1) is 0 Å². The second-order valence-electron chi connectivity index (χ2n) is 9.62. The summed E-state index contributed by atoms with van der Waals surface area (Å²) in [5.74, 6) is -0.123. The number of halogens is 4. The van der Waals surface area contributed by atoms with E-state index in [1.54, 1.807) is 13.0 Å². The summed E-state index contributed by atoms with van der Waals surface area (Å²) in [5.41, 5.74) is 0.952. The number of ether oxygens (including phenoxy) is 1. The molecule has 0 amide bonds. The van der Waals surface area contributed by atoms with Gasteiger partial charge >= 0.3 is 12.1 Å². The molecule has 1 N–H and O–H groups in total. The fraction of sp³-hybridized carbons (Fsp3) is 0.444. The number of esters is 1. The fourth-order valence-electron chi connectivity index (χ4n) is 5.29. The number of pyridine rings is 1. The van der Waals surface area contributed by atoms with Gasteiger partial charge in [-0.25, -0.2) is 9.78 Å². The van der Waals surface area contributed by atoms with Crippen molar-refractivity contribution in [3.05, 3.63) is 59.0 Å². The monoisotopic (exact) mass is 562 g/mol. The molecule has 39 heavy (non-hydrogen) atoms. The van der Waals surface area contributed by atoms with Crippen LogP contribution in [0.4, 0.5) is 24.7 Å². The number of alkyl halides is 3. The summed E-state index contributed by atoms with van der Waals surface area (Å²) in [7, 11) is 0. The third-order valence-electron chi connectivity index (χ3n) is 7.10. The first-order chi connectivity index (χ1) is 18.8. The average Bonchev–Trinajstić information content (AvgIpc) is 3.41. The van der Waals surface area contributed by atoms with Gasteiger partial charge in [0.25, 0.3) is 0 Å². The van der Waals surface area contributed by atoms with Crippen LogP contribution in [0.3, 0.4) is 0 Å². The Hall–Kier alpha value is -3.31. The molecule has 0 radical (unpaired) electrons. The molecule has 2 aliphatic heterocycles. The van der Waals surface area contributed by atoms with Crippen LogP contribution in [0.2, 0.25) is 5.02 Å². The minimum atomic E-state index is -4.76. The Bertz CT molecular complexity index is 1310. The van der Waals surface area contributed by atoms with Crippen molar-refractivity contribution in [2.75, 3.05) is 55.7 Å². The standard InChI is InChI=1S/C27H30ClF3N6O2/c1-2-39-26(38)22-16-34-37(25(22)27(29,30)31)20-4-3-11-36(17-20)23-14-19(28)6-7-21(23)18-5-8-24(33-15-18)35-12-9-32-10-13-35/h5-8,14-16,20,32H,2-4,9-13,17H2,1H3. The third-order valence-corrected chi connectivity index (χ3v) is 7.34. The lowest BCUT2D eigenvalue weighted by Gasteiger charge is -2.36. The largest absolute Gasteiger partial charge is 0.462 e. The summed E-state index contributed by atoms with van der Waals surface area (Å²) in [6.45, 7) is 6.03. The lowest BCUT2D eigenvalue weighted by molar-refractivity contribution is -0.145. The van der Waals surface area contributed by atoms with Gasteiger partial charge in [0.05, 0.1) is 18.8 Å². The molecule has 2 aromatic heterocycles. The Morgan fingerprint density at radius 2 is 1.92 bits per heavy atom. The first kappa shape index (κ1) is 27.3. The number of anilines is 2. The number of nitrogens with zero attached hydrogens (tertiary/aromatic N) is 5. The number of hydrogen-bond acceptors (Lipinski definition) is 7. The quantitative estimate of drug-likeness (QED) is 0.422. The molecule has 2 saturated heterocycles. The predicted molar refractivity (Wildman–Crippen MR) is 143 cm³/mol. The second-order valence-corrected chi connectivity index (χ2v) is 10.1. The highest BCUT2D eigenvalue weighted by molar-refractivity contribution is 6.31. The van der Waals surface area contributed by atoms with Crippen molar-refractivity contribution >= 4 is 29.1 Å². The highest BCUT2D eigenvalue weighted by Crippen LogP contribution is 2.39. The minimum absolute atomic E-state index is 0.0267. The molecule has 1 atom stereocenters. The van der Waals surface area contributed by atoms with Crippen LogP contribution >= 0.6 is 11.6 Å². The summed E-state index contributed by atoms with van der Waals surface area (Å²) in [6.07, 6.45) is -0.856. The number of carbonyl (C=O) groups excluding carboxylic acids is 1. The number of benzene rings is 1. The number of aromatic nitrogens is 3. The lowest BCUT2D eigenvalue weighted by Crippen LogP contribution is -2.43. The summed E-state index contributed by atoms with van der Waals surface area (Å²) in [6, 6.07) is 8.96. The van der Waals surface area contributed by atoms with Crippen molar-refractivity contribution in [3.8, 4) is 11.1 Å². The van der Waals surface area contributed by atoms with E-state index in [1.807, 2.05) is 35.4 Å². The van der Waals surface area contributed by atoms with E-state index in [-0.39, 0.29) is 13.2 Å². The van der Waals surface area contributed by atoms with Crippen molar-refractivity contribution in [3.63, 3.8) is 0 Å². The molecule has 5 rings (SSSR count). The summed E-state index contributed by atoms with van der Waals surface area (Å²) < 4.78 is 48.1. The molecule has 4 heterocycles. The highest BCUT2D eigenvalue weighted by Gasteiger charge is 2.42. The predicted octanol–water partition coefficient (Wildman–Crippen LogP) is 5.05. The van der Waals surface area contributed by atoms with E-state index in [4.69, 9.17) is 16.3 Å². The number of nitrogens with one attached hydrogen (secondary N) is 1. The van der Waals surface area contributed by atoms with E-state index in [1.165, 1.54) is 0 Å². The first-order valence-corrected chi connectivity index (χ1v) is 13.4. The maximum atomic E-state index is 14.1. The molecule has 2 aliphatic rings. The number of piperidine rings is 1. The molecule has 1 aromatic carbocycles. The van der Waals surface area contributed by atoms with E-state index >= 15 is 0 Å². The molecule has 12 heteroatoms. The molecule has 208 valence electrons. The maximum absolute atomic E-state index is 14.1. The molecular formula is C27H30ClF3N6O2. The Morgan fingerprint density at radius 3 is 2.62 bits per heavy atom. The van der Waals surface area contributed by atoms with Crippen LogP contribution in [-0.2, 0) is 10.9 Å². The van der Waals surface area contributed by atoms with Crippen molar-refractivity contribution < 1.29 is 22.7 Å². The highest BCUT2D eigenvalue weighted by atomic mass is 35.5. The van der Waals surface area contributed by atoms with Crippen molar-refractivity contribution in [1.82, 2.24) is 20.1 Å². The van der Waals surface area contributed by atoms with Crippen LogP contribution in [0, 0.1) is 0 Å². The normalized spacial score (nSPS) is 18.3. The Morgan fingerprint density at radius 1 is 1.13 bits per heavy atom. The number of carbonyl (C=O) groups is 1. The molecule has 3 aromatic rings. The number of rotatable bonds is 6. The third kappa shape index (κ3) is 5.84. The van der Waals surface area contributed by atoms with Crippen molar-refractivity contribution in [2.24, 2.45) is 0 Å². The minimum Gasteiger partial charge on any atom is -0.462 e. The first-order valence-electron chi connectivity index (χ1n) is 13.0. The van der Waals surface area contributed by atoms with Gasteiger partial charge in [0, 0.05) is 67.3 Å². The Balaban J connectivity index is 1.44. The van der Waals surface area contributed by atoms with E-state index in [0.717, 1.165) is 59.7 Å². The Kier molecular flexibility index (Phi) is 7.99. The summed E-state index contributed by atoms with van der Waals surface area (Å²) in [4.78, 5) is 21.2. The van der Waals surface area contributed by atoms with E-state index in [0.29, 0.717) is 24.4 Å². The van der Waals surface area contributed by atoms with Gasteiger partial charge in [-0.05, 0) is 44.0 Å². The molecular weight excluding hydrogens is 533 g/mol. The number of piperazine rings is 1. The molecule has 0 aliphatic carbocycles. The molecule has 0 spiro atoms. The van der Waals surface area contributed by atoms with Crippen LogP contribution in [0.5, 0.6) is 0 Å². The molecule has 8 nitrogen and oxygen atoms in total. The number of hydrogen-bond donors (Lipinski definition) is 1. The maximum Gasteiger partial charge on any atom is 0.433 e. The SMILES string of the molecule is CCOC(=O)c1cnn(C2CCCN(c3cc(Cl)ccc3-c3ccc(N4CCNCC4)nc3)C2)c1C(F)(F)F. The van der Waals surface area contributed by atoms with Crippen LogP contribution in [-0.4, -0.2) is 66.6 Å². The van der Waals surface area contributed by atoms with Crippen molar-refractivity contribution in [2.45, 2.75) is 32.0 Å². The zero-order valence-electron chi connectivity index (χ0n) is 21.5. The molecule has 2 fully saturated rings. The fourth-order valence-corrected chi connectivity index (χ4v) is 5.46. The van der Waals surface area contributed by atoms with E-state index in [9.17, 15) is 18.0 Å². The smallest absolute Gasteiger partial charge is 0.433 e. The van der Waals surface area contributed by atoms with Gasteiger partial charge in [0.15, 0.2) is 5.69 Å². The van der Waals surface area contributed by atoms with Crippen LogP contribution in [0.25, 0.3) is 11.1 Å². The van der Waals surface area contributed by atoms with Gasteiger partial charge < -0.3 is 19.9 Å². The van der Waals surface area contributed by atoms with E-state index < -0.39 is 29.4 Å². The zero-order valence-corrected chi connectivity index (χ0v) is 22.3. The summed E-state index contributed by atoms with van der Waals surface area (Å²) in [5, 5.41) is 7.87.